The van der Waals surface area contributed by atoms with E-state index in [0.29, 0.717) is 0 Å². The molecule has 3 aliphatic rings. The van der Waals surface area contributed by atoms with Crippen LogP contribution in [0.1, 0.15) is 54.0 Å². The zero-order chi connectivity index (χ0) is 37.7. The maximum atomic E-state index is 4.86. The first-order valence-corrected chi connectivity index (χ1v) is 20.4. The zero-order valence-corrected chi connectivity index (χ0v) is 31.9. The molecule has 0 amide bonds. The van der Waals surface area contributed by atoms with Crippen molar-refractivity contribution in [1.29, 1.82) is 0 Å². The normalized spacial score (nSPS) is 16.2. The number of hydrogen-bond acceptors (Lipinski definition) is 1. The van der Waals surface area contributed by atoms with Gasteiger partial charge in [0.05, 0.1) is 11.6 Å². The largest absolute Gasteiger partial charge is 0.318 e. The SMILES string of the molecule is C1=CCC(n2c3ccc(C4=CC(c5ccc(-c6ccc7c(-c8ccccc8)c8c(c(-c9ccccc9)c7c6)C=CCC8)cc5)=CCC4)cc3c3cccnc32)C=C1. The molecule has 2 aromatic heterocycles. The van der Waals surface area contributed by atoms with Gasteiger partial charge in [0.2, 0.25) is 0 Å². The molecule has 0 aliphatic heterocycles. The third kappa shape index (κ3) is 5.83. The first-order valence-electron chi connectivity index (χ1n) is 20.4. The molecule has 0 bridgehead atoms. The average Bonchev–Trinajstić information content (AvgIpc) is 3.62. The van der Waals surface area contributed by atoms with Crippen LogP contribution in [0.2, 0.25) is 0 Å². The molecule has 0 radical (unpaired) electrons. The lowest BCUT2D eigenvalue weighted by Gasteiger charge is -2.24. The minimum absolute atomic E-state index is 0.275. The van der Waals surface area contributed by atoms with Crippen LogP contribution in [0.25, 0.3) is 83.3 Å². The summed E-state index contributed by atoms with van der Waals surface area (Å²) in [5.74, 6) is 0. The predicted octanol–water partition coefficient (Wildman–Crippen LogP) is 14.6. The number of fused-ring (bicyclic) bond motifs is 5. The van der Waals surface area contributed by atoms with E-state index in [1.807, 2.05) is 6.20 Å². The van der Waals surface area contributed by atoms with Gasteiger partial charge in [0, 0.05) is 17.0 Å². The minimum atomic E-state index is 0.275. The van der Waals surface area contributed by atoms with Crippen LogP contribution in [-0.2, 0) is 6.42 Å². The third-order valence-electron chi connectivity index (χ3n) is 12.3. The summed E-state index contributed by atoms with van der Waals surface area (Å²) >= 11 is 0. The van der Waals surface area contributed by atoms with Crippen molar-refractivity contribution in [3.05, 3.63) is 204 Å². The Morgan fingerprint density at radius 2 is 1.30 bits per heavy atom. The Hall–Kier alpha value is -6.77. The van der Waals surface area contributed by atoms with E-state index in [4.69, 9.17) is 4.98 Å². The van der Waals surface area contributed by atoms with Crippen LogP contribution in [-0.4, -0.2) is 9.55 Å². The summed E-state index contributed by atoms with van der Waals surface area (Å²) < 4.78 is 2.42. The van der Waals surface area contributed by atoms with Crippen molar-refractivity contribution in [3.63, 3.8) is 0 Å². The Kier molecular flexibility index (Phi) is 8.28. The molecule has 1 atom stereocenters. The number of allylic oxidation sites excluding steroid dienone is 9. The van der Waals surface area contributed by atoms with E-state index in [1.54, 1.807) is 0 Å². The maximum absolute atomic E-state index is 4.86. The fraction of sp³-hybridized carbons (Fsp3) is 0.109. The van der Waals surface area contributed by atoms with E-state index in [9.17, 15) is 0 Å². The Morgan fingerprint density at radius 3 is 2.11 bits per heavy atom. The molecule has 11 rings (SSSR count). The van der Waals surface area contributed by atoms with Crippen molar-refractivity contribution < 1.29 is 0 Å². The molecule has 272 valence electrons. The van der Waals surface area contributed by atoms with E-state index in [0.717, 1.165) is 37.8 Å². The van der Waals surface area contributed by atoms with E-state index in [2.05, 4.69) is 187 Å². The Balaban J connectivity index is 0.962. The summed E-state index contributed by atoms with van der Waals surface area (Å²) in [6.45, 7) is 0. The number of nitrogens with zero attached hydrogens (tertiary/aromatic N) is 2. The van der Waals surface area contributed by atoms with Crippen LogP contribution in [0.5, 0.6) is 0 Å². The van der Waals surface area contributed by atoms with Gasteiger partial charge in [-0.3, -0.25) is 0 Å². The molecule has 2 heterocycles. The van der Waals surface area contributed by atoms with E-state index >= 15 is 0 Å². The predicted molar refractivity (Wildman–Crippen MR) is 242 cm³/mol. The second-order valence-electron chi connectivity index (χ2n) is 15.6. The van der Waals surface area contributed by atoms with E-state index in [1.165, 1.54) is 93.8 Å². The van der Waals surface area contributed by atoms with Crippen molar-refractivity contribution >= 4 is 49.9 Å². The topological polar surface area (TPSA) is 17.8 Å². The van der Waals surface area contributed by atoms with Crippen LogP contribution in [0.3, 0.4) is 0 Å². The third-order valence-corrected chi connectivity index (χ3v) is 12.3. The van der Waals surface area contributed by atoms with E-state index in [-0.39, 0.29) is 6.04 Å². The lowest BCUT2D eigenvalue weighted by Crippen LogP contribution is -2.07. The molecule has 0 N–H and O–H groups in total. The van der Waals surface area contributed by atoms with Gasteiger partial charge in [0.25, 0.3) is 0 Å². The van der Waals surface area contributed by atoms with Gasteiger partial charge in [-0.15, -0.1) is 0 Å². The Bertz CT molecular complexity index is 3010. The summed E-state index contributed by atoms with van der Waals surface area (Å²) in [4.78, 5) is 4.86. The highest BCUT2D eigenvalue weighted by Gasteiger charge is 2.23. The average molecular weight is 731 g/mol. The number of rotatable bonds is 6. The lowest BCUT2D eigenvalue weighted by molar-refractivity contribution is 0.643. The first kappa shape index (κ1) is 33.6. The fourth-order valence-electron chi connectivity index (χ4n) is 9.62. The van der Waals surface area contributed by atoms with Gasteiger partial charge >= 0.3 is 0 Å². The van der Waals surface area contributed by atoms with E-state index < -0.39 is 0 Å². The van der Waals surface area contributed by atoms with Crippen molar-refractivity contribution in [2.45, 2.75) is 38.1 Å². The second-order valence-corrected chi connectivity index (χ2v) is 15.6. The van der Waals surface area contributed by atoms with Crippen molar-refractivity contribution in [2.75, 3.05) is 0 Å². The number of hydrogen-bond donors (Lipinski definition) is 0. The lowest BCUT2D eigenvalue weighted by atomic mass is 9.79. The summed E-state index contributed by atoms with van der Waals surface area (Å²) in [6.07, 6.45) is 25.4. The maximum Gasteiger partial charge on any atom is 0.141 e. The van der Waals surface area contributed by atoms with Gasteiger partial charge in [0.15, 0.2) is 0 Å². The van der Waals surface area contributed by atoms with Gasteiger partial charge in [-0.1, -0.05) is 152 Å². The van der Waals surface area contributed by atoms with Gasteiger partial charge < -0.3 is 4.57 Å². The Morgan fingerprint density at radius 1 is 0.544 bits per heavy atom. The van der Waals surface area contributed by atoms with Crippen molar-refractivity contribution in [1.82, 2.24) is 9.55 Å². The van der Waals surface area contributed by atoms with Gasteiger partial charge in [-0.2, -0.15) is 0 Å². The number of pyridine rings is 1. The number of benzene rings is 6. The second kappa shape index (κ2) is 14.1. The zero-order valence-electron chi connectivity index (χ0n) is 31.9. The van der Waals surface area contributed by atoms with Gasteiger partial charge in [-0.05, 0) is 140 Å². The number of aromatic nitrogens is 2. The molecule has 1 unspecified atom stereocenters. The smallest absolute Gasteiger partial charge is 0.141 e. The highest BCUT2D eigenvalue weighted by molar-refractivity contribution is 6.11. The molecule has 3 aliphatic carbocycles. The summed E-state index contributed by atoms with van der Waals surface area (Å²) in [6, 6.07) is 49.9. The molecular weight excluding hydrogens is 689 g/mol. The highest BCUT2D eigenvalue weighted by atomic mass is 15.1. The molecule has 0 saturated carbocycles. The molecule has 0 spiro atoms. The summed E-state index contributed by atoms with van der Waals surface area (Å²) in [7, 11) is 0. The highest BCUT2D eigenvalue weighted by Crippen LogP contribution is 2.46. The molecule has 0 saturated heterocycles. The van der Waals surface area contributed by atoms with Crippen molar-refractivity contribution in [2.24, 2.45) is 0 Å². The van der Waals surface area contributed by atoms with Crippen LogP contribution in [0.4, 0.5) is 0 Å². The minimum Gasteiger partial charge on any atom is -0.318 e. The van der Waals surface area contributed by atoms with Crippen molar-refractivity contribution in [3.8, 4) is 33.4 Å². The Labute approximate surface area is 334 Å². The molecule has 8 aromatic rings. The van der Waals surface area contributed by atoms with Crippen LogP contribution >= 0.6 is 0 Å². The van der Waals surface area contributed by atoms with Gasteiger partial charge in [-0.25, -0.2) is 4.98 Å². The summed E-state index contributed by atoms with van der Waals surface area (Å²) in [5.41, 5.74) is 18.1. The monoisotopic (exact) mass is 730 g/mol. The standard InChI is InChI=1S/C55H42N2/c1-4-14-39(15-5-1)53-46-22-10-11-23-47(46)54(40-16-6-2-7-17-40)51-36-43(29-31-48(51)53)38-27-25-37(26-28-38)41-18-12-19-42(34-41)44-30-32-52-50(35-44)49-24-13-33-56-55(49)57(52)45-20-8-3-9-21-45/h1-9,11,13-18,20,23-36,45H,10,12,19,21-22H2. The van der Waals surface area contributed by atoms with Crippen LogP contribution < -0.4 is 0 Å². The van der Waals surface area contributed by atoms with Crippen LogP contribution in [0, 0.1) is 0 Å². The molecule has 0 fully saturated rings. The molecule has 2 heteroatoms. The fourth-order valence-corrected chi connectivity index (χ4v) is 9.62. The molecule has 2 nitrogen and oxygen atoms in total. The molecule has 6 aromatic carbocycles. The first-order chi connectivity index (χ1) is 28.3. The van der Waals surface area contributed by atoms with Crippen LogP contribution in [0.15, 0.2) is 182 Å². The van der Waals surface area contributed by atoms with Gasteiger partial charge in [0.1, 0.15) is 5.65 Å². The molecule has 57 heavy (non-hydrogen) atoms. The quantitative estimate of drug-likeness (QED) is 0.167. The summed E-state index contributed by atoms with van der Waals surface area (Å²) in [5, 5.41) is 5.12. The molecular formula is C55H42N2.